The van der Waals surface area contributed by atoms with Gasteiger partial charge in [-0.05, 0) is 62.6 Å². The maximum Gasteiger partial charge on any atom is 0.266 e. The molecule has 1 aliphatic heterocycles. The number of rotatable bonds is 4. The Kier molecular flexibility index (Phi) is 4.40. The lowest BCUT2D eigenvalue weighted by atomic mass is 10.1. The quantitative estimate of drug-likeness (QED) is 0.632. The minimum atomic E-state index is -0.498. The van der Waals surface area contributed by atoms with Gasteiger partial charge in [-0.3, -0.25) is 9.59 Å². The zero-order valence-corrected chi connectivity index (χ0v) is 15.7. The van der Waals surface area contributed by atoms with Gasteiger partial charge in [0.15, 0.2) is 6.61 Å². The second-order valence-corrected chi connectivity index (χ2v) is 7.10. The Morgan fingerprint density at radius 1 is 1.36 bits per heavy atom. The Morgan fingerprint density at radius 3 is 2.86 bits per heavy atom. The van der Waals surface area contributed by atoms with Gasteiger partial charge in [0.2, 0.25) is 0 Å². The lowest BCUT2D eigenvalue weighted by Crippen LogP contribution is -2.25. The molecule has 7 heteroatoms. The van der Waals surface area contributed by atoms with Crippen molar-refractivity contribution in [3.8, 4) is 11.8 Å². The maximum atomic E-state index is 12.6. The summed E-state index contributed by atoms with van der Waals surface area (Å²) in [5.41, 5.74) is 4.06. The van der Waals surface area contributed by atoms with Crippen molar-refractivity contribution in [1.29, 1.82) is 5.26 Å². The number of anilines is 2. The van der Waals surface area contributed by atoms with Crippen molar-refractivity contribution >= 4 is 29.3 Å². The molecule has 0 radical (unpaired) electrons. The van der Waals surface area contributed by atoms with E-state index in [1.807, 2.05) is 26.0 Å². The van der Waals surface area contributed by atoms with Crippen LogP contribution in [0.15, 0.2) is 29.8 Å². The molecule has 1 aromatic heterocycles. The molecule has 1 fully saturated rings. The van der Waals surface area contributed by atoms with Gasteiger partial charge in [-0.1, -0.05) is 0 Å². The Labute approximate surface area is 162 Å². The molecule has 28 heavy (non-hydrogen) atoms. The summed E-state index contributed by atoms with van der Waals surface area (Å²) >= 11 is 0. The van der Waals surface area contributed by atoms with Gasteiger partial charge in [-0.15, -0.1) is 0 Å². The average Bonchev–Trinajstić information content (AvgIpc) is 3.45. The van der Waals surface area contributed by atoms with Crippen molar-refractivity contribution in [1.82, 2.24) is 4.57 Å². The minimum absolute atomic E-state index is 0.0223. The van der Waals surface area contributed by atoms with E-state index in [0.29, 0.717) is 23.2 Å². The van der Waals surface area contributed by atoms with Crippen molar-refractivity contribution < 1.29 is 14.3 Å². The number of aromatic nitrogens is 1. The van der Waals surface area contributed by atoms with E-state index in [9.17, 15) is 14.9 Å². The summed E-state index contributed by atoms with van der Waals surface area (Å²) in [5.74, 6) is -0.206. The third-order valence-corrected chi connectivity index (χ3v) is 4.97. The van der Waals surface area contributed by atoms with Gasteiger partial charge in [0.05, 0.1) is 5.69 Å². The highest BCUT2D eigenvalue weighted by molar-refractivity contribution is 6.10. The fourth-order valence-electron chi connectivity index (χ4n) is 3.51. The number of hydrogen-bond donors (Lipinski definition) is 2. The maximum absolute atomic E-state index is 12.6. The highest BCUT2D eigenvalue weighted by atomic mass is 16.5. The number of benzene rings is 1. The molecule has 1 aromatic carbocycles. The zero-order valence-electron chi connectivity index (χ0n) is 15.7. The number of ether oxygens (including phenoxy) is 1. The molecule has 4 rings (SSSR count). The lowest BCUT2D eigenvalue weighted by Gasteiger charge is -2.18. The summed E-state index contributed by atoms with van der Waals surface area (Å²) < 4.78 is 7.57. The van der Waals surface area contributed by atoms with Crippen LogP contribution in [0.2, 0.25) is 0 Å². The van der Waals surface area contributed by atoms with Crippen molar-refractivity contribution in [2.45, 2.75) is 32.7 Å². The van der Waals surface area contributed by atoms with Crippen molar-refractivity contribution in [3.63, 3.8) is 0 Å². The predicted octanol–water partition coefficient (Wildman–Crippen LogP) is 3.32. The third-order valence-electron chi connectivity index (χ3n) is 4.97. The van der Waals surface area contributed by atoms with Crippen LogP contribution < -0.4 is 15.4 Å². The largest absolute Gasteiger partial charge is 0.482 e. The van der Waals surface area contributed by atoms with E-state index in [1.54, 1.807) is 24.3 Å². The number of aryl methyl sites for hydroxylation is 1. The Bertz CT molecular complexity index is 1050. The molecule has 0 saturated heterocycles. The van der Waals surface area contributed by atoms with E-state index >= 15 is 0 Å². The molecule has 2 N–H and O–H groups in total. The topological polar surface area (TPSA) is 96.2 Å². The normalized spacial score (nSPS) is 15.9. The molecule has 0 bridgehead atoms. The van der Waals surface area contributed by atoms with Crippen LogP contribution in [0.4, 0.5) is 11.4 Å². The number of nitrogens with one attached hydrogen (secondary N) is 2. The van der Waals surface area contributed by atoms with Crippen LogP contribution in [0.25, 0.3) is 6.08 Å². The molecule has 1 saturated carbocycles. The van der Waals surface area contributed by atoms with Crippen LogP contribution in [-0.4, -0.2) is 23.0 Å². The van der Waals surface area contributed by atoms with Gasteiger partial charge in [0.25, 0.3) is 11.8 Å². The van der Waals surface area contributed by atoms with Crippen LogP contribution in [0.1, 0.15) is 35.8 Å². The number of amides is 2. The van der Waals surface area contributed by atoms with Crippen LogP contribution in [0.3, 0.4) is 0 Å². The van der Waals surface area contributed by atoms with Gasteiger partial charge >= 0.3 is 0 Å². The number of carbonyl (C=O) groups is 2. The van der Waals surface area contributed by atoms with E-state index in [1.165, 1.54) is 12.8 Å². The lowest BCUT2D eigenvalue weighted by molar-refractivity contribution is -0.118. The van der Waals surface area contributed by atoms with E-state index in [4.69, 9.17) is 4.74 Å². The first kappa shape index (κ1) is 17.9. The number of nitrogens with zero attached hydrogens (tertiary/aromatic N) is 2. The molecule has 0 atom stereocenters. The van der Waals surface area contributed by atoms with Crippen LogP contribution >= 0.6 is 0 Å². The van der Waals surface area contributed by atoms with E-state index in [2.05, 4.69) is 15.2 Å². The smallest absolute Gasteiger partial charge is 0.266 e. The number of nitriles is 1. The van der Waals surface area contributed by atoms with Gasteiger partial charge in [0.1, 0.15) is 17.4 Å². The third kappa shape index (κ3) is 3.37. The van der Waals surface area contributed by atoms with Gasteiger partial charge in [0, 0.05) is 23.1 Å². The van der Waals surface area contributed by atoms with E-state index < -0.39 is 5.91 Å². The summed E-state index contributed by atoms with van der Waals surface area (Å²) in [7, 11) is 0. The highest BCUT2D eigenvalue weighted by Gasteiger charge is 2.27. The number of hydrogen-bond acceptors (Lipinski definition) is 4. The number of fused-ring (bicyclic) bond motifs is 1. The second kappa shape index (κ2) is 6.89. The fourth-order valence-corrected chi connectivity index (χ4v) is 3.51. The van der Waals surface area contributed by atoms with Gasteiger partial charge in [-0.2, -0.15) is 5.26 Å². The molecule has 142 valence electrons. The predicted molar refractivity (Wildman–Crippen MR) is 105 cm³/mol. The molecule has 2 heterocycles. The highest BCUT2D eigenvalue weighted by Crippen LogP contribution is 2.38. The first-order valence-electron chi connectivity index (χ1n) is 9.14. The summed E-state index contributed by atoms with van der Waals surface area (Å²) in [6, 6.07) is 9.47. The molecule has 2 aromatic rings. The molecule has 2 aliphatic rings. The molecular weight excluding hydrogens is 356 g/mol. The van der Waals surface area contributed by atoms with Crippen molar-refractivity contribution in [2.75, 3.05) is 17.2 Å². The summed E-state index contributed by atoms with van der Waals surface area (Å²) in [6.07, 6.45) is 3.97. The summed E-state index contributed by atoms with van der Waals surface area (Å²) in [4.78, 5) is 24.1. The fraction of sp³-hybridized carbons (Fsp3) is 0.286. The first-order chi connectivity index (χ1) is 13.5. The van der Waals surface area contributed by atoms with Crippen LogP contribution in [0, 0.1) is 25.2 Å². The zero-order chi connectivity index (χ0) is 19.8. The van der Waals surface area contributed by atoms with Crippen LogP contribution in [0.5, 0.6) is 5.75 Å². The van der Waals surface area contributed by atoms with Crippen molar-refractivity contribution in [3.05, 3.63) is 46.8 Å². The molecular formula is C21H20N4O3. The standard InChI is InChI=1S/C21H20N4O3/c1-12-7-14(13(2)25(12)17-4-5-17)8-15(10-22)21(27)23-16-3-6-19-18(9-16)24-20(26)11-28-19/h3,6-9,17H,4-5,11H2,1-2H3,(H,23,27)(H,24,26)/b15-8-. The van der Waals surface area contributed by atoms with E-state index in [-0.39, 0.29) is 18.1 Å². The summed E-state index contributed by atoms with van der Waals surface area (Å²) in [5, 5.41) is 14.9. The second-order valence-electron chi connectivity index (χ2n) is 7.10. The Balaban J connectivity index is 1.56. The molecule has 1 aliphatic carbocycles. The molecule has 0 unspecified atom stereocenters. The van der Waals surface area contributed by atoms with Crippen molar-refractivity contribution in [2.24, 2.45) is 0 Å². The molecule has 7 nitrogen and oxygen atoms in total. The van der Waals surface area contributed by atoms with Gasteiger partial charge in [-0.25, -0.2) is 0 Å². The Morgan fingerprint density at radius 2 is 2.14 bits per heavy atom. The molecule has 2 amide bonds. The van der Waals surface area contributed by atoms with E-state index in [0.717, 1.165) is 17.0 Å². The van der Waals surface area contributed by atoms with Gasteiger partial charge < -0.3 is 19.9 Å². The SMILES string of the molecule is Cc1cc(/C=C(/C#N)C(=O)Nc2ccc3c(c2)NC(=O)CO3)c(C)n1C1CC1. The summed E-state index contributed by atoms with van der Waals surface area (Å²) in [6.45, 7) is 4.02. The number of carbonyl (C=O) groups excluding carboxylic acids is 2. The molecule has 0 spiro atoms. The monoisotopic (exact) mass is 376 g/mol. The first-order valence-corrected chi connectivity index (χ1v) is 9.14. The van der Waals surface area contributed by atoms with Crippen LogP contribution in [-0.2, 0) is 9.59 Å². The Hall–Kier alpha value is -3.53. The average molecular weight is 376 g/mol. The minimum Gasteiger partial charge on any atom is -0.482 e.